The monoisotopic (exact) mass is 438 g/mol. The second-order valence-electron chi connectivity index (χ2n) is 8.43. The highest BCUT2D eigenvalue weighted by molar-refractivity contribution is 7.17. The lowest BCUT2D eigenvalue weighted by Gasteiger charge is -2.33. The molecule has 0 saturated carbocycles. The maximum absolute atomic E-state index is 13.5. The van der Waals surface area contributed by atoms with Gasteiger partial charge >= 0.3 is 0 Å². The zero-order valence-corrected chi connectivity index (χ0v) is 18.3. The fraction of sp³-hybridized carbons (Fsp3) is 0.700. The van der Waals surface area contributed by atoms with E-state index in [1.54, 1.807) is 11.9 Å². The lowest BCUT2D eigenvalue weighted by molar-refractivity contribution is -0.147. The van der Waals surface area contributed by atoms with Crippen molar-refractivity contribution >= 4 is 40.7 Å². The van der Waals surface area contributed by atoms with Crippen LogP contribution in [0.4, 0.5) is 0 Å². The van der Waals surface area contributed by atoms with Crippen molar-refractivity contribution in [2.75, 3.05) is 33.2 Å². The number of carbonyl (C=O) groups is 3. The van der Waals surface area contributed by atoms with Crippen LogP contribution in [0.25, 0.3) is 0 Å². The Labute approximate surface area is 180 Å². The van der Waals surface area contributed by atoms with Crippen molar-refractivity contribution in [2.24, 2.45) is 11.8 Å². The lowest BCUT2D eigenvalue weighted by atomic mass is 9.99. The summed E-state index contributed by atoms with van der Waals surface area (Å²) in [6, 6.07) is -0.0456. The van der Waals surface area contributed by atoms with Crippen LogP contribution < -0.4 is 0 Å². The smallest absolute Gasteiger partial charge is 0.282 e. The first-order chi connectivity index (χ1) is 13.9. The summed E-state index contributed by atoms with van der Waals surface area (Å²) < 4.78 is 0.496. The van der Waals surface area contributed by atoms with Crippen molar-refractivity contribution in [3.8, 4) is 0 Å². The predicted octanol–water partition coefficient (Wildman–Crippen LogP) is 2.51. The molecule has 0 N–H and O–H groups in total. The van der Waals surface area contributed by atoms with Gasteiger partial charge in [0.1, 0.15) is 10.3 Å². The second-order valence-corrected chi connectivity index (χ2v) is 10.1. The molecular weight excluding hydrogens is 412 g/mol. The summed E-state index contributed by atoms with van der Waals surface area (Å²) >= 11 is 7.15. The second kappa shape index (κ2) is 8.60. The molecule has 3 fully saturated rings. The first kappa shape index (κ1) is 20.6. The molecule has 3 saturated heterocycles. The topological polar surface area (TPSA) is 73.8 Å². The van der Waals surface area contributed by atoms with Crippen LogP contribution in [0.3, 0.4) is 0 Å². The molecule has 0 aliphatic carbocycles. The molecule has 4 heterocycles. The van der Waals surface area contributed by atoms with Gasteiger partial charge in [-0.3, -0.25) is 14.4 Å². The number of nitrogens with zero attached hydrogens (tertiary/aromatic N) is 4. The molecule has 0 spiro atoms. The van der Waals surface area contributed by atoms with E-state index < -0.39 is 5.92 Å². The van der Waals surface area contributed by atoms with Crippen LogP contribution in [-0.2, 0) is 9.59 Å². The Hall–Kier alpha value is -1.67. The Morgan fingerprint density at radius 3 is 2.72 bits per heavy atom. The van der Waals surface area contributed by atoms with Crippen LogP contribution in [0.1, 0.15) is 48.3 Å². The van der Waals surface area contributed by atoms with E-state index in [2.05, 4.69) is 4.98 Å². The quantitative estimate of drug-likeness (QED) is 0.665. The summed E-state index contributed by atoms with van der Waals surface area (Å²) in [6.45, 7) is 2.45. The summed E-state index contributed by atoms with van der Waals surface area (Å²) in [7, 11) is 1.79. The number of thiazole rings is 1. The number of hydrogen-bond acceptors (Lipinski definition) is 5. The number of rotatable bonds is 2. The van der Waals surface area contributed by atoms with Crippen molar-refractivity contribution in [1.29, 1.82) is 0 Å². The summed E-state index contributed by atoms with van der Waals surface area (Å²) in [6.07, 6.45) is 6.85. The molecule has 158 valence electrons. The maximum Gasteiger partial charge on any atom is 0.282 e. The normalized spacial score (nSPS) is 28.1. The largest absolute Gasteiger partial charge is 0.345 e. The third kappa shape index (κ3) is 4.28. The summed E-state index contributed by atoms with van der Waals surface area (Å²) in [5, 5.41) is 0.397. The van der Waals surface area contributed by atoms with Crippen molar-refractivity contribution in [1.82, 2.24) is 19.7 Å². The molecule has 3 aliphatic heterocycles. The van der Waals surface area contributed by atoms with Crippen LogP contribution in [0, 0.1) is 11.8 Å². The Morgan fingerprint density at radius 2 is 1.97 bits per heavy atom. The van der Waals surface area contributed by atoms with Gasteiger partial charge in [-0.05, 0) is 31.6 Å². The molecule has 1 aromatic heterocycles. The zero-order chi connectivity index (χ0) is 20.5. The number of amides is 3. The van der Waals surface area contributed by atoms with Crippen LogP contribution in [0.15, 0.2) is 6.20 Å². The zero-order valence-electron chi connectivity index (χ0n) is 16.7. The van der Waals surface area contributed by atoms with E-state index in [4.69, 9.17) is 11.6 Å². The molecule has 2 bridgehead atoms. The van der Waals surface area contributed by atoms with Crippen molar-refractivity contribution < 1.29 is 14.4 Å². The third-order valence-electron chi connectivity index (χ3n) is 6.39. The molecule has 3 atom stereocenters. The molecular formula is C20H27ClN4O3S. The Morgan fingerprint density at radius 1 is 1.14 bits per heavy atom. The van der Waals surface area contributed by atoms with Crippen LogP contribution in [0.2, 0.25) is 4.34 Å². The number of fused-ring (bicyclic) bond motifs is 3. The minimum absolute atomic E-state index is 0.0456. The molecule has 9 heteroatoms. The van der Waals surface area contributed by atoms with Gasteiger partial charge in [-0.15, -0.1) is 0 Å². The lowest BCUT2D eigenvalue weighted by Crippen LogP contribution is -2.50. The minimum atomic E-state index is -0.580. The average Bonchev–Trinajstić information content (AvgIpc) is 2.83. The highest BCUT2D eigenvalue weighted by Gasteiger charge is 2.41. The molecule has 3 unspecified atom stereocenters. The van der Waals surface area contributed by atoms with Gasteiger partial charge in [0.15, 0.2) is 5.01 Å². The summed E-state index contributed by atoms with van der Waals surface area (Å²) in [4.78, 5) is 48.8. The number of likely N-dealkylation sites (tertiary alicyclic amines) is 2. The van der Waals surface area contributed by atoms with E-state index in [1.165, 1.54) is 17.5 Å². The van der Waals surface area contributed by atoms with Gasteiger partial charge < -0.3 is 14.7 Å². The fourth-order valence-corrected chi connectivity index (χ4v) is 5.73. The number of halogens is 1. The van der Waals surface area contributed by atoms with E-state index in [1.807, 2.05) is 9.80 Å². The van der Waals surface area contributed by atoms with Gasteiger partial charge in [-0.2, -0.15) is 0 Å². The number of carbonyl (C=O) groups excluding carboxylic acids is 3. The fourth-order valence-electron chi connectivity index (χ4n) is 4.85. The maximum atomic E-state index is 13.5. The first-order valence-corrected chi connectivity index (χ1v) is 11.6. The Kier molecular flexibility index (Phi) is 6.11. The van der Waals surface area contributed by atoms with E-state index >= 15 is 0 Å². The standard InChI is InChI=1S/C20H27ClN4O3S/c1-23-8-3-2-7-15(18(23)26)19(27)25-11-13-5-4-6-14(25)12-24(10-13)20(28)17-22-9-16(21)29-17/h9,13-15H,2-8,10-12H2,1H3. The van der Waals surface area contributed by atoms with Crippen molar-refractivity contribution in [2.45, 2.75) is 44.6 Å². The van der Waals surface area contributed by atoms with Crippen LogP contribution in [-0.4, -0.2) is 76.7 Å². The first-order valence-electron chi connectivity index (χ1n) is 10.4. The number of hydrogen-bond donors (Lipinski definition) is 0. The number of aromatic nitrogens is 1. The highest BCUT2D eigenvalue weighted by atomic mass is 35.5. The van der Waals surface area contributed by atoms with Gasteiger partial charge in [-0.25, -0.2) is 4.98 Å². The Bertz CT molecular complexity index is 800. The van der Waals surface area contributed by atoms with Crippen LogP contribution >= 0.6 is 22.9 Å². The highest BCUT2D eigenvalue weighted by Crippen LogP contribution is 2.31. The Balaban J connectivity index is 1.54. The van der Waals surface area contributed by atoms with E-state index in [0.29, 0.717) is 41.9 Å². The molecule has 7 nitrogen and oxygen atoms in total. The molecule has 29 heavy (non-hydrogen) atoms. The predicted molar refractivity (Wildman–Crippen MR) is 111 cm³/mol. The van der Waals surface area contributed by atoms with Crippen molar-refractivity contribution in [3.05, 3.63) is 15.5 Å². The molecule has 3 aliphatic rings. The molecule has 0 radical (unpaired) electrons. The average molecular weight is 439 g/mol. The van der Waals surface area contributed by atoms with Crippen molar-refractivity contribution in [3.63, 3.8) is 0 Å². The minimum Gasteiger partial charge on any atom is -0.345 e. The van der Waals surface area contributed by atoms with Gasteiger partial charge in [-0.1, -0.05) is 35.8 Å². The van der Waals surface area contributed by atoms with Gasteiger partial charge in [0.2, 0.25) is 11.8 Å². The molecule has 1 aromatic rings. The van der Waals surface area contributed by atoms with Gasteiger partial charge in [0.05, 0.1) is 6.20 Å². The van der Waals surface area contributed by atoms with Gasteiger partial charge in [0, 0.05) is 39.3 Å². The van der Waals surface area contributed by atoms with Gasteiger partial charge in [0.25, 0.3) is 5.91 Å². The summed E-state index contributed by atoms with van der Waals surface area (Å²) in [5.74, 6) is -0.574. The third-order valence-corrected chi connectivity index (χ3v) is 7.50. The van der Waals surface area contributed by atoms with E-state index in [-0.39, 0.29) is 29.7 Å². The molecule has 4 rings (SSSR count). The van der Waals surface area contributed by atoms with E-state index in [0.717, 1.165) is 32.1 Å². The SMILES string of the molecule is CN1CCCCC(C(=O)N2CC3CCCC2CN(C(=O)c2ncc(Cl)s2)C3)C1=O. The summed E-state index contributed by atoms with van der Waals surface area (Å²) in [5.41, 5.74) is 0. The van der Waals surface area contributed by atoms with E-state index in [9.17, 15) is 14.4 Å². The molecule has 3 amide bonds. The molecule has 0 aromatic carbocycles. The van der Waals surface area contributed by atoms with Crippen LogP contribution in [0.5, 0.6) is 0 Å².